The van der Waals surface area contributed by atoms with Gasteiger partial charge in [0, 0.05) is 0 Å². The van der Waals surface area contributed by atoms with Crippen LogP contribution in [-0.4, -0.2) is 30.7 Å². The van der Waals surface area contributed by atoms with Crippen LogP contribution >= 0.6 is 0 Å². The Kier molecular flexibility index (Phi) is 14.6. The zero-order valence-corrected chi connectivity index (χ0v) is 15.8. The van der Waals surface area contributed by atoms with Gasteiger partial charge < -0.3 is 16.9 Å². The van der Waals surface area contributed by atoms with Crippen molar-refractivity contribution in [3.63, 3.8) is 0 Å². The van der Waals surface area contributed by atoms with Crippen molar-refractivity contribution in [1.29, 1.82) is 0 Å². The van der Waals surface area contributed by atoms with Gasteiger partial charge in [0.05, 0.1) is 26.2 Å². The molecule has 0 aromatic carbocycles. The third-order valence-corrected chi connectivity index (χ3v) is 5.66. The Bertz CT molecular complexity index is 189. The predicted molar refractivity (Wildman–Crippen MR) is 88.5 cm³/mol. The summed E-state index contributed by atoms with van der Waals surface area (Å²) in [5.41, 5.74) is 0. The van der Waals surface area contributed by atoms with E-state index in [4.69, 9.17) is 0 Å². The van der Waals surface area contributed by atoms with Crippen molar-refractivity contribution in [3.8, 4) is 0 Å². The van der Waals surface area contributed by atoms with E-state index in [2.05, 4.69) is 41.5 Å². The van der Waals surface area contributed by atoms with Gasteiger partial charge in [0.25, 0.3) is 0 Å². The summed E-state index contributed by atoms with van der Waals surface area (Å²) in [6.45, 7) is 19.5. The summed E-state index contributed by atoms with van der Waals surface area (Å²) in [5.74, 6) is 1.94. The molecule has 0 saturated heterocycles. The molecule has 1 atom stereocenters. The molecule has 20 heavy (non-hydrogen) atoms. The molecule has 0 rings (SSSR count). The zero-order chi connectivity index (χ0) is 14.7. The summed E-state index contributed by atoms with van der Waals surface area (Å²) in [7, 11) is 0. The van der Waals surface area contributed by atoms with Crippen LogP contribution in [0.25, 0.3) is 0 Å². The molecule has 0 aliphatic heterocycles. The van der Waals surface area contributed by atoms with Crippen LogP contribution in [0.3, 0.4) is 0 Å². The number of halogens is 1. The van der Waals surface area contributed by atoms with E-state index in [-0.39, 0.29) is 12.4 Å². The van der Waals surface area contributed by atoms with Crippen molar-refractivity contribution in [1.82, 2.24) is 0 Å². The maximum Gasteiger partial charge on any atom is 0.0786 e. The van der Waals surface area contributed by atoms with Crippen molar-refractivity contribution in [2.24, 2.45) is 11.8 Å². The van der Waals surface area contributed by atoms with Gasteiger partial charge in [-0.3, -0.25) is 0 Å². The largest absolute Gasteiger partial charge is 1.00 e. The fourth-order valence-electron chi connectivity index (χ4n) is 3.44. The van der Waals surface area contributed by atoms with E-state index >= 15 is 0 Å². The van der Waals surface area contributed by atoms with E-state index in [9.17, 15) is 0 Å². The Hall–Kier alpha value is 0.250. The van der Waals surface area contributed by atoms with Crippen molar-refractivity contribution in [3.05, 3.63) is 0 Å². The highest BCUT2D eigenvalue weighted by Gasteiger charge is 2.21. The molecule has 0 aliphatic rings. The van der Waals surface area contributed by atoms with Crippen LogP contribution in [0.5, 0.6) is 0 Å². The minimum Gasteiger partial charge on any atom is -1.00 e. The third kappa shape index (κ3) is 7.88. The number of rotatable bonds is 12. The highest BCUT2D eigenvalue weighted by molar-refractivity contribution is 4.64. The molecule has 0 saturated carbocycles. The Morgan fingerprint density at radius 3 is 1.50 bits per heavy atom. The third-order valence-electron chi connectivity index (χ3n) is 5.66. The fourth-order valence-corrected chi connectivity index (χ4v) is 3.44. The zero-order valence-electron chi connectivity index (χ0n) is 15.1. The number of quaternary nitrogens is 1. The van der Waals surface area contributed by atoms with Crippen LogP contribution in [0.2, 0.25) is 0 Å². The maximum atomic E-state index is 2.38. The Morgan fingerprint density at radius 1 is 0.700 bits per heavy atom. The van der Waals surface area contributed by atoms with Crippen molar-refractivity contribution < 1.29 is 16.9 Å². The molecule has 1 nitrogen and oxygen atoms in total. The van der Waals surface area contributed by atoms with E-state index in [1.165, 1.54) is 69.2 Å². The summed E-state index contributed by atoms with van der Waals surface area (Å²) in [5, 5.41) is 0. The van der Waals surface area contributed by atoms with E-state index < -0.39 is 0 Å². The summed E-state index contributed by atoms with van der Waals surface area (Å²) in [6, 6.07) is 0. The topological polar surface area (TPSA) is 0 Å². The standard InChI is InChI=1S/C18H40N.ClH/c1-7-17(8-2)16-18(9-3)14-13-15-19(10-4,11-5)12-6;/h17-18H,7-16H2,1-6H3;1H/q+1;/p-1. The highest BCUT2D eigenvalue weighted by Crippen LogP contribution is 2.25. The molecule has 0 aliphatic carbocycles. The quantitative estimate of drug-likeness (QED) is 0.486. The van der Waals surface area contributed by atoms with Crippen LogP contribution < -0.4 is 12.4 Å². The number of nitrogens with zero attached hydrogens (tertiary/aromatic N) is 1. The van der Waals surface area contributed by atoms with Gasteiger partial charge in [-0.05, 0) is 51.9 Å². The SMILES string of the molecule is CCC(CC)CC(CC)CCC[N+](CC)(CC)CC.[Cl-]. The number of hydrogen-bond acceptors (Lipinski definition) is 0. The minimum atomic E-state index is 0. The van der Waals surface area contributed by atoms with Gasteiger partial charge in [-0.25, -0.2) is 0 Å². The van der Waals surface area contributed by atoms with E-state index in [0.29, 0.717) is 0 Å². The average Bonchev–Trinajstić information content (AvgIpc) is 2.47. The molecule has 2 heteroatoms. The molecule has 124 valence electrons. The van der Waals surface area contributed by atoms with Crippen LogP contribution in [0.4, 0.5) is 0 Å². The smallest absolute Gasteiger partial charge is 0.0786 e. The Morgan fingerprint density at radius 2 is 1.15 bits per heavy atom. The first-order valence-electron chi connectivity index (χ1n) is 8.96. The lowest BCUT2D eigenvalue weighted by Crippen LogP contribution is -3.00. The first-order valence-corrected chi connectivity index (χ1v) is 8.96. The lowest BCUT2D eigenvalue weighted by atomic mass is 9.86. The van der Waals surface area contributed by atoms with E-state index in [0.717, 1.165) is 11.8 Å². The molecule has 0 aromatic heterocycles. The first kappa shape index (κ1) is 22.5. The fraction of sp³-hybridized carbons (Fsp3) is 1.00. The van der Waals surface area contributed by atoms with Crippen LogP contribution in [0, 0.1) is 11.8 Å². The molecule has 0 radical (unpaired) electrons. The lowest BCUT2D eigenvalue weighted by molar-refractivity contribution is -0.923. The molecule has 0 bridgehead atoms. The lowest BCUT2D eigenvalue weighted by Gasteiger charge is -2.36. The van der Waals surface area contributed by atoms with Gasteiger partial charge in [0.2, 0.25) is 0 Å². The van der Waals surface area contributed by atoms with Gasteiger partial charge in [0.15, 0.2) is 0 Å². The van der Waals surface area contributed by atoms with Crippen molar-refractivity contribution >= 4 is 0 Å². The van der Waals surface area contributed by atoms with Crippen LogP contribution in [-0.2, 0) is 0 Å². The Balaban J connectivity index is 0. The molecular weight excluding hydrogens is 266 g/mol. The molecule has 0 N–H and O–H groups in total. The Labute approximate surface area is 135 Å². The average molecular weight is 306 g/mol. The molecule has 0 aromatic rings. The van der Waals surface area contributed by atoms with Crippen LogP contribution in [0.1, 0.15) is 80.1 Å². The predicted octanol–water partition coefficient (Wildman–Crippen LogP) is 2.50. The summed E-state index contributed by atoms with van der Waals surface area (Å²) in [4.78, 5) is 0. The van der Waals surface area contributed by atoms with Crippen molar-refractivity contribution in [2.45, 2.75) is 80.1 Å². The summed E-state index contributed by atoms with van der Waals surface area (Å²) >= 11 is 0. The summed E-state index contributed by atoms with van der Waals surface area (Å²) < 4.78 is 1.32. The molecule has 0 amide bonds. The molecule has 0 heterocycles. The molecule has 1 unspecified atom stereocenters. The van der Waals surface area contributed by atoms with Gasteiger partial charge in [-0.1, -0.05) is 40.0 Å². The van der Waals surface area contributed by atoms with Gasteiger partial charge in [-0.2, -0.15) is 0 Å². The van der Waals surface area contributed by atoms with Gasteiger partial charge >= 0.3 is 0 Å². The summed E-state index contributed by atoms with van der Waals surface area (Å²) in [6.07, 6.45) is 8.45. The van der Waals surface area contributed by atoms with Gasteiger partial charge in [0.1, 0.15) is 0 Å². The normalized spacial score (nSPS) is 13.3. The second kappa shape index (κ2) is 13.0. The van der Waals surface area contributed by atoms with E-state index in [1.807, 2.05) is 0 Å². The monoisotopic (exact) mass is 305 g/mol. The molecule has 0 spiro atoms. The molecule has 0 fully saturated rings. The highest BCUT2D eigenvalue weighted by atomic mass is 35.5. The second-order valence-electron chi connectivity index (χ2n) is 6.35. The second-order valence-corrected chi connectivity index (χ2v) is 6.35. The van der Waals surface area contributed by atoms with E-state index in [1.54, 1.807) is 0 Å². The maximum absolute atomic E-state index is 2.38. The molecular formula is C18H40ClN. The van der Waals surface area contributed by atoms with Gasteiger partial charge in [-0.15, -0.1) is 0 Å². The number of hydrogen-bond donors (Lipinski definition) is 0. The van der Waals surface area contributed by atoms with Crippen molar-refractivity contribution in [2.75, 3.05) is 26.2 Å². The minimum absolute atomic E-state index is 0. The van der Waals surface area contributed by atoms with Crippen LogP contribution in [0.15, 0.2) is 0 Å². The first-order chi connectivity index (χ1) is 9.11.